The summed E-state index contributed by atoms with van der Waals surface area (Å²) in [6.45, 7) is 6.66. The largest absolute Gasteiger partial charge is 0.497 e. The van der Waals surface area contributed by atoms with Crippen molar-refractivity contribution in [2.75, 3.05) is 26.8 Å². The predicted molar refractivity (Wildman–Crippen MR) is 90.5 cm³/mol. The molecule has 1 N–H and O–H groups in total. The molecule has 1 heterocycles. The van der Waals surface area contributed by atoms with Gasteiger partial charge in [0, 0.05) is 25.7 Å². The first-order chi connectivity index (χ1) is 11.1. The van der Waals surface area contributed by atoms with Crippen LogP contribution < -0.4 is 10.1 Å². The molecular weight excluding hydrogens is 292 g/mol. The smallest absolute Gasteiger partial charge is 0.234 e. The molecule has 0 bridgehead atoms. The van der Waals surface area contributed by atoms with Crippen LogP contribution in [0, 0.1) is 0 Å². The molecule has 0 spiro atoms. The minimum Gasteiger partial charge on any atom is -0.497 e. The van der Waals surface area contributed by atoms with E-state index in [1.165, 1.54) is 0 Å². The third-order valence-corrected chi connectivity index (χ3v) is 3.84. The summed E-state index contributed by atoms with van der Waals surface area (Å²) in [7, 11) is 1.67. The van der Waals surface area contributed by atoms with Gasteiger partial charge in [-0.05, 0) is 44.4 Å². The first-order valence-electron chi connectivity index (χ1n) is 8.33. The SMILES string of the molecule is COc1cccc(CN(CC(=O)NC(C)C)C[C@H]2CCCO2)c1. The Kier molecular flexibility index (Phi) is 6.86. The van der Waals surface area contributed by atoms with Gasteiger partial charge in [0.25, 0.3) is 0 Å². The molecule has 1 atom stereocenters. The topological polar surface area (TPSA) is 50.8 Å². The fourth-order valence-electron chi connectivity index (χ4n) is 2.86. The Morgan fingerprint density at radius 1 is 1.48 bits per heavy atom. The number of amides is 1. The number of carbonyl (C=O) groups excluding carboxylic acids is 1. The Labute approximate surface area is 139 Å². The minimum absolute atomic E-state index is 0.0564. The summed E-state index contributed by atoms with van der Waals surface area (Å²) >= 11 is 0. The number of benzene rings is 1. The van der Waals surface area contributed by atoms with E-state index in [0.717, 1.165) is 37.3 Å². The van der Waals surface area contributed by atoms with E-state index in [9.17, 15) is 4.79 Å². The highest BCUT2D eigenvalue weighted by atomic mass is 16.5. The molecule has 2 rings (SSSR count). The zero-order valence-corrected chi connectivity index (χ0v) is 14.4. The van der Waals surface area contributed by atoms with E-state index in [2.05, 4.69) is 16.3 Å². The lowest BCUT2D eigenvalue weighted by molar-refractivity contribution is -0.123. The van der Waals surface area contributed by atoms with E-state index in [4.69, 9.17) is 9.47 Å². The highest BCUT2D eigenvalue weighted by molar-refractivity contribution is 5.78. The van der Waals surface area contributed by atoms with Crippen molar-refractivity contribution in [1.82, 2.24) is 10.2 Å². The second-order valence-corrected chi connectivity index (χ2v) is 6.38. The predicted octanol–water partition coefficient (Wildman–Crippen LogP) is 2.20. The molecular formula is C18H28N2O3. The minimum atomic E-state index is 0.0564. The molecule has 23 heavy (non-hydrogen) atoms. The van der Waals surface area contributed by atoms with E-state index < -0.39 is 0 Å². The molecule has 1 aromatic rings. The van der Waals surface area contributed by atoms with Crippen LogP contribution in [-0.2, 0) is 16.1 Å². The van der Waals surface area contributed by atoms with Crippen molar-refractivity contribution in [3.63, 3.8) is 0 Å². The summed E-state index contributed by atoms with van der Waals surface area (Å²) in [6.07, 6.45) is 2.41. The van der Waals surface area contributed by atoms with Gasteiger partial charge in [-0.15, -0.1) is 0 Å². The third kappa shape index (κ3) is 6.20. The first kappa shape index (κ1) is 17.8. The van der Waals surface area contributed by atoms with Crippen molar-refractivity contribution in [2.45, 2.75) is 45.4 Å². The van der Waals surface area contributed by atoms with Crippen molar-refractivity contribution < 1.29 is 14.3 Å². The van der Waals surface area contributed by atoms with E-state index in [-0.39, 0.29) is 18.1 Å². The number of methoxy groups -OCH3 is 1. The van der Waals surface area contributed by atoms with Gasteiger partial charge in [0.1, 0.15) is 5.75 Å². The second-order valence-electron chi connectivity index (χ2n) is 6.38. The molecule has 128 valence electrons. The van der Waals surface area contributed by atoms with Gasteiger partial charge in [0.2, 0.25) is 5.91 Å². The standard InChI is InChI=1S/C18H28N2O3/c1-14(2)19-18(21)13-20(12-17-8-5-9-23-17)11-15-6-4-7-16(10-15)22-3/h4,6-7,10,14,17H,5,8-9,11-13H2,1-3H3,(H,19,21)/t17-/m1/s1. The van der Waals surface area contributed by atoms with Gasteiger partial charge in [-0.2, -0.15) is 0 Å². The molecule has 1 aromatic carbocycles. The van der Waals surface area contributed by atoms with E-state index in [1.54, 1.807) is 7.11 Å². The molecule has 0 unspecified atom stereocenters. The lowest BCUT2D eigenvalue weighted by Crippen LogP contribution is -2.42. The number of rotatable bonds is 8. The normalized spacial score (nSPS) is 17.7. The Bertz CT molecular complexity index is 499. The average molecular weight is 320 g/mol. The molecule has 1 fully saturated rings. The molecule has 5 nitrogen and oxygen atoms in total. The molecule has 1 amide bonds. The summed E-state index contributed by atoms with van der Waals surface area (Å²) in [4.78, 5) is 14.3. The van der Waals surface area contributed by atoms with Crippen molar-refractivity contribution in [1.29, 1.82) is 0 Å². The quantitative estimate of drug-likeness (QED) is 0.798. The molecule has 0 radical (unpaired) electrons. The molecule has 0 aromatic heterocycles. The van der Waals surface area contributed by atoms with Gasteiger partial charge in [-0.3, -0.25) is 9.69 Å². The fourth-order valence-corrected chi connectivity index (χ4v) is 2.86. The van der Waals surface area contributed by atoms with Gasteiger partial charge in [0.15, 0.2) is 0 Å². The molecule has 5 heteroatoms. The van der Waals surface area contributed by atoms with Crippen LogP contribution in [0.15, 0.2) is 24.3 Å². The number of hydrogen-bond donors (Lipinski definition) is 1. The first-order valence-corrected chi connectivity index (χ1v) is 8.33. The zero-order valence-electron chi connectivity index (χ0n) is 14.4. The summed E-state index contributed by atoms with van der Waals surface area (Å²) in [5.74, 6) is 0.895. The van der Waals surface area contributed by atoms with Crippen molar-refractivity contribution in [2.24, 2.45) is 0 Å². The average Bonchev–Trinajstić information content (AvgIpc) is 2.99. The van der Waals surface area contributed by atoms with Gasteiger partial charge < -0.3 is 14.8 Å². The second kappa shape index (κ2) is 8.89. The van der Waals surface area contributed by atoms with E-state index >= 15 is 0 Å². The van der Waals surface area contributed by atoms with Crippen LogP contribution in [0.1, 0.15) is 32.3 Å². The summed E-state index contributed by atoms with van der Waals surface area (Å²) in [6, 6.07) is 8.14. The van der Waals surface area contributed by atoms with Crippen LogP contribution in [0.3, 0.4) is 0 Å². The van der Waals surface area contributed by atoms with Gasteiger partial charge in [-0.1, -0.05) is 12.1 Å². The highest BCUT2D eigenvalue weighted by Gasteiger charge is 2.21. The van der Waals surface area contributed by atoms with Crippen LogP contribution in [0.25, 0.3) is 0 Å². The van der Waals surface area contributed by atoms with Crippen molar-refractivity contribution in [3.8, 4) is 5.75 Å². The third-order valence-electron chi connectivity index (χ3n) is 3.84. The van der Waals surface area contributed by atoms with E-state index in [1.807, 2.05) is 32.0 Å². The molecule has 1 saturated heterocycles. The Morgan fingerprint density at radius 2 is 2.30 bits per heavy atom. The number of nitrogens with zero attached hydrogens (tertiary/aromatic N) is 1. The molecule has 1 aliphatic heterocycles. The summed E-state index contributed by atoms with van der Waals surface area (Å²) < 4.78 is 11.0. The molecule has 0 aliphatic carbocycles. The van der Waals surface area contributed by atoms with Gasteiger partial charge >= 0.3 is 0 Å². The van der Waals surface area contributed by atoms with Gasteiger partial charge in [-0.25, -0.2) is 0 Å². The fraction of sp³-hybridized carbons (Fsp3) is 0.611. The Hall–Kier alpha value is -1.59. The lowest BCUT2D eigenvalue weighted by atomic mass is 10.1. The zero-order chi connectivity index (χ0) is 16.7. The molecule has 0 saturated carbocycles. The van der Waals surface area contributed by atoms with Crippen LogP contribution >= 0.6 is 0 Å². The van der Waals surface area contributed by atoms with Crippen LogP contribution in [0.5, 0.6) is 5.75 Å². The Morgan fingerprint density at radius 3 is 2.96 bits per heavy atom. The lowest BCUT2D eigenvalue weighted by Gasteiger charge is -2.25. The number of nitrogens with one attached hydrogen (secondary N) is 1. The monoisotopic (exact) mass is 320 g/mol. The van der Waals surface area contributed by atoms with Crippen molar-refractivity contribution in [3.05, 3.63) is 29.8 Å². The highest BCUT2D eigenvalue weighted by Crippen LogP contribution is 2.17. The van der Waals surface area contributed by atoms with Gasteiger partial charge in [0.05, 0.1) is 19.8 Å². The Balaban J connectivity index is 2.00. The van der Waals surface area contributed by atoms with Crippen molar-refractivity contribution >= 4 is 5.91 Å². The van der Waals surface area contributed by atoms with Crippen LogP contribution in [0.2, 0.25) is 0 Å². The maximum absolute atomic E-state index is 12.1. The number of ether oxygens (including phenoxy) is 2. The number of hydrogen-bond acceptors (Lipinski definition) is 4. The maximum Gasteiger partial charge on any atom is 0.234 e. The summed E-state index contributed by atoms with van der Waals surface area (Å²) in [5.41, 5.74) is 1.14. The maximum atomic E-state index is 12.1. The van der Waals surface area contributed by atoms with Crippen LogP contribution in [0.4, 0.5) is 0 Å². The van der Waals surface area contributed by atoms with E-state index in [0.29, 0.717) is 13.1 Å². The number of carbonyl (C=O) groups is 1. The summed E-state index contributed by atoms with van der Waals surface area (Å²) in [5, 5.41) is 2.96. The molecule has 1 aliphatic rings. The van der Waals surface area contributed by atoms with Crippen LogP contribution in [-0.4, -0.2) is 49.8 Å².